The van der Waals surface area contributed by atoms with Gasteiger partial charge in [-0.25, -0.2) is 14.8 Å². The molecule has 164 valence electrons. The monoisotopic (exact) mass is 425 g/mol. The lowest BCUT2D eigenvalue weighted by Crippen LogP contribution is -2.15. The van der Waals surface area contributed by atoms with Gasteiger partial charge in [0.25, 0.3) is 0 Å². The van der Waals surface area contributed by atoms with Crippen LogP contribution in [0.1, 0.15) is 40.5 Å². The van der Waals surface area contributed by atoms with Gasteiger partial charge in [0.2, 0.25) is 5.95 Å². The topological polar surface area (TPSA) is 146 Å². The van der Waals surface area contributed by atoms with Gasteiger partial charge in [0.1, 0.15) is 11.4 Å². The maximum absolute atomic E-state index is 10.9. The van der Waals surface area contributed by atoms with Crippen molar-refractivity contribution in [1.29, 1.82) is 0 Å². The molecule has 1 aromatic carbocycles. The van der Waals surface area contributed by atoms with Crippen LogP contribution in [0.15, 0.2) is 42.7 Å². The fourth-order valence-electron chi connectivity index (χ4n) is 2.94. The number of carbonyl (C=O) groups is 1. The van der Waals surface area contributed by atoms with Crippen molar-refractivity contribution in [2.24, 2.45) is 5.73 Å². The minimum atomic E-state index is -0.978. The zero-order valence-corrected chi connectivity index (χ0v) is 17.5. The van der Waals surface area contributed by atoms with Crippen molar-refractivity contribution in [3.63, 3.8) is 0 Å². The summed E-state index contributed by atoms with van der Waals surface area (Å²) in [5.74, 6) is 0.342. The Morgan fingerprint density at radius 2 is 2.13 bits per heavy atom. The number of aryl methyl sites for hydroxylation is 1. The van der Waals surface area contributed by atoms with Gasteiger partial charge in [0, 0.05) is 29.6 Å². The number of carboxylic acid groups (broad SMARTS) is 1. The van der Waals surface area contributed by atoms with Crippen molar-refractivity contribution in [1.82, 2.24) is 15.0 Å². The van der Waals surface area contributed by atoms with E-state index in [1.807, 2.05) is 31.2 Å². The van der Waals surface area contributed by atoms with Gasteiger partial charge in [0.05, 0.1) is 25.5 Å². The Hall–Kier alpha value is -3.43. The van der Waals surface area contributed by atoms with E-state index in [4.69, 9.17) is 20.7 Å². The number of rotatable bonds is 7. The third-order valence-electron chi connectivity index (χ3n) is 4.80. The number of anilines is 1. The normalized spacial score (nSPS) is 13.7. The fourth-order valence-corrected chi connectivity index (χ4v) is 2.94. The molecular weight excluding hydrogens is 398 g/mol. The summed E-state index contributed by atoms with van der Waals surface area (Å²) in [5.41, 5.74) is 9.06. The van der Waals surface area contributed by atoms with E-state index in [9.17, 15) is 4.79 Å². The van der Waals surface area contributed by atoms with E-state index >= 15 is 0 Å². The van der Waals surface area contributed by atoms with Crippen molar-refractivity contribution in [3.05, 3.63) is 59.5 Å². The van der Waals surface area contributed by atoms with Crippen LogP contribution in [0, 0.1) is 6.92 Å². The van der Waals surface area contributed by atoms with E-state index < -0.39 is 5.97 Å². The Bertz CT molecular complexity index is 1030. The molecule has 2 heterocycles. The predicted molar refractivity (Wildman–Crippen MR) is 117 cm³/mol. The second-order valence-corrected chi connectivity index (χ2v) is 7.28. The molecule has 3 aromatic rings. The van der Waals surface area contributed by atoms with Gasteiger partial charge in [-0.3, -0.25) is 0 Å². The quantitative estimate of drug-likeness (QED) is 0.388. The molecule has 0 amide bonds. The highest BCUT2D eigenvalue weighted by Crippen LogP contribution is 2.26. The van der Waals surface area contributed by atoms with Crippen LogP contribution < -0.4 is 15.8 Å². The molecule has 1 aliphatic carbocycles. The Morgan fingerprint density at radius 1 is 1.39 bits per heavy atom. The molecule has 0 spiro atoms. The summed E-state index contributed by atoms with van der Waals surface area (Å²) in [5, 5.41) is 21.0. The average Bonchev–Trinajstić information content (AvgIpc) is 3.46. The van der Waals surface area contributed by atoms with Gasteiger partial charge in [-0.05, 0) is 37.5 Å². The maximum Gasteiger partial charge on any atom is 0.352 e. The van der Waals surface area contributed by atoms with Crippen LogP contribution in [0.5, 0.6) is 5.75 Å². The van der Waals surface area contributed by atoms with E-state index in [-0.39, 0.29) is 18.3 Å². The number of benzene rings is 1. The molecule has 1 saturated carbocycles. The molecule has 1 fully saturated rings. The Labute approximate surface area is 180 Å². The number of hydrogen-bond donors (Lipinski definition) is 5. The van der Waals surface area contributed by atoms with E-state index in [1.165, 1.54) is 0 Å². The molecular formula is C22H27N5O4. The lowest BCUT2D eigenvalue weighted by Gasteiger charge is -2.12. The number of aliphatic hydroxyl groups is 1. The number of aromatic amines is 1. The van der Waals surface area contributed by atoms with E-state index in [1.54, 1.807) is 25.6 Å². The van der Waals surface area contributed by atoms with Crippen molar-refractivity contribution in [2.75, 3.05) is 19.0 Å². The summed E-state index contributed by atoms with van der Waals surface area (Å²) in [7, 11) is 1.59. The van der Waals surface area contributed by atoms with Crippen molar-refractivity contribution >= 4 is 11.9 Å². The van der Waals surface area contributed by atoms with Crippen LogP contribution in [0.25, 0.3) is 11.3 Å². The second-order valence-electron chi connectivity index (χ2n) is 7.28. The molecule has 4 rings (SSSR count). The third-order valence-corrected chi connectivity index (χ3v) is 4.80. The van der Waals surface area contributed by atoms with E-state index in [0.717, 1.165) is 41.0 Å². The van der Waals surface area contributed by atoms with Crippen LogP contribution in [0.4, 0.5) is 5.95 Å². The number of H-pyrrole nitrogens is 1. The van der Waals surface area contributed by atoms with Gasteiger partial charge < -0.3 is 31.0 Å². The van der Waals surface area contributed by atoms with E-state index in [2.05, 4.69) is 20.3 Å². The van der Waals surface area contributed by atoms with Crippen LogP contribution in [-0.4, -0.2) is 50.9 Å². The minimum absolute atomic E-state index is 0.0691. The summed E-state index contributed by atoms with van der Waals surface area (Å²) in [4.78, 5) is 22.3. The van der Waals surface area contributed by atoms with Gasteiger partial charge in [0.15, 0.2) is 0 Å². The van der Waals surface area contributed by atoms with E-state index in [0.29, 0.717) is 12.0 Å². The second kappa shape index (κ2) is 10.1. The van der Waals surface area contributed by atoms with Gasteiger partial charge in [-0.1, -0.05) is 18.2 Å². The van der Waals surface area contributed by atoms with Crippen LogP contribution in [-0.2, 0) is 0 Å². The molecule has 0 bridgehead atoms. The van der Waals surface area contributed by atoms with Gasteiger partial charge >= 0.3 is 5.97 Å². The molecule has 0 radical (unpaired) electrons. The molecule has 0 saturated heterocycles. The fraction of sp³-hybridized carbons (Fsp3) is 0.318. The highest BCUT2D eigenvalue weighted by molar-refractivity contribution is 5.87. The Morgan fingerprint density at radius 3 is 2.74 bits per heavy atom. The first-order valence-corrected chi connectivity index (χ1v) is 9.94. The number of nitrogens with zero attached hydrogens (tertiary/aromatic N) is 2. The molecule has 2 aromatic heterocycles. The van der Waals surface area contributed by atoms with Gasteiger partial charge in [-0.2, -0.15) is 0 Å². The van der Waals surface area contributed by atoms with Crippen molar-refractivity contribution < 1.29 is 19.7 Å². The lowest BCUT2D eigenvalue weighted by atomic mass is 10.1. The Balaban J connectivity index is 0.000000196. The first kappa shape index (κ1) is 22.3. The molecule has 1 unspecified atom stereocenters. The summed E-state index contributed by atoms with van der Waals surface area (Å²) < 4.78 is 5.08. The SMILES string of the molecule is COc1ccccc1C(N)CO.Cc1cnc(NC2CC2)nc1-c1c[nH]c(C(=O)O)c1. The number of aromatic carboxylic acids is 1. The lowest BCUT2D eigenvalue weighted by molar-refractivity contribution is 0.0691. The van der Waals surface area contributed by atoms with Crippen molar-refractivity contribution in [2.45, 2.75) is 31.8 Å². The zero-order chi connectivity index (χ0) is 22.4. The van der Waals surface area contributed by atoms with Crippen LogP contribution in [0.3, 0.4) is 0 Å². The Kier molecular flexibility index (Phi) is 7.22. The van der Waals surface area contributed by atoms with Crippen LogP contribution in [0.2, 0.25) is 0 Å². The average molecular weight is 425 g/mol. The first-order valence-electron chi connectivity index (χ1n) is 9.94. The summed E-state index contributed by atoms with van der Waals surface area (Å²) in [6, 6.07) is 9.11. The summed E-state index contributed by atoms with van der Waals surface area (Å²) in [6.45, 7) is 1.84. The molecule has 31 heavy (non-hydrogen) atoms. The minimum Gasteiger partial charge on any atom is -0.496 e. The summed E-state index contributed by atoms with van der Waals surface area (Å²) >= 11 is 0. The van der Waals surface area contributed by atoms with Crippen LogP contribution >= 0.6 is 0 Å². The first-order chi connectivity index (χ1) is 14.9. The molecule has 1 aliphatic rings. The highest BCUT2D eigenvalue weighted by atomic mass is 16.5. The summed E-state index contributed by atoms with van der Waals surface area (Å²) in [6.07, 6.45) is 5.71. The molecule has 9 heteroatoms. The number of aromatic nitrogens is 3. The third kappa shape index (κ3) is 5.80. The maximum atomic E-state index is 10.9. The largest absolute Gasteiger partial charge is 0.496 e. The van der Waals surface area contributed by atoms with Gasteiger partial charge in [-0.15, -0.1) is 0 Å². The smallest absolute Gasteiger partial charge is 0.352 e. The number of ether oxygens (including phenoxy) is 1. The van der Waals surface area contributed by atoms with Crippen molar-refractivity contribution in [3.8, 4) is 17.0 Å². The standard InChI is InChI=1S/C13H14N4O2.C9H13NO2/c1-7-5-15-13(16-9-2-3-9)17-11(7)8-4-10(12(18)19)14-6-8;1-12-9-5-3-2-4-7(9)8(10)6-11/h4-6,9,14H,2-3H2,1H3,(H,18,19)(H,15,16,17);2-5,8,11H,6,10H2,1H3. The number of nitrogens with two attached hydrogens (primary N) is 1. The predicted octanol–water partition coefficient (Wildman–Crippen LogP) is 2.74. The number of para-hydroxylation sites is 1. The molecule has 0 aliphatic heterocycles. The zero-order valence-electron chi connectivity index (χ0n) is 17.5. The number of methoxy groups -OCH3 is 1. The number of hydrogen-bond acceptors (Lipinski definition) is 7. The number of carboxylic acids is 1. The highest BCUT2D eigenvalue weighted by Gasteiger charge is 2.22. The molecule has 9 nitrogen and oxygen atoms in total. The number of aliphatic hydroxyl groups excluding tert-OH is 1. The molecule has 1 atom stereocenters. The molecule has 6 N–H and O–H groups in total. The number of nitrogens with one attached hydrogen (secondary N) is 2.